The molecule has 0 aromatic carbocycles. The number of hydrogen-bond donors (Lipinski definition) is 0. The first-order valence-electron chi connectivity index (χ1n) is 6.24. The fraction of sp³-hybridized carbons (Fsp3) is 0.357. The summed E-state index contributed by atoms with van der Waals surface area (Å²) in [4.78, 5) is 22.0. The number of rotatable bonds is 5. The number of amides is 1. The molecule has 0 unspecified atom stereocenters. The maximum atomic E-state index is 12.4. The maximum Gasteiger partial charge on any atom is 0.289 e. The second kappa shape index (κ2) is 6.56. The number of nitrogens with zero attached hydrogens (tertiary/aromatic N) is 3. The molecule has 0 aliphatic heterocycles. The number of furan rings is 1. The molecule has 1 amide bonds. The van der Waals surface area contributed by atoms with Crippen molar-refractivity contribution in [2.24, 2.45) is 0 Å². The number of carbonyl (C=O) groups is 1. The number of carbonyl (C=O) groups excluding carboxylic acids is 1. The molecule has 106 valence electrons. The van der Waals surface area contributed by atoms with Gasteiger partial charge in [0.15, 0.2) is 5.76 Å². The third kappa shape index (κ3) is 3.19. The second-order valence-corrected chi connectivity index (χ2v) is 5.29. The summed E-state index contributed by atoms with van der Waals surface area (Å²) in [6.07, 6.45) is 5.14. The maximum absolute atomic E-state index is 12.4. The summed E-state index contributed by atoms with van der Waals surface area (Å²) < 4.78 is 5.55. The van der Waals surface area contributed by atoms with E-state index in [9.17, 15) is 4.79 Å². The van der Waals surface area contributed by atoms with E-state index in [4.69, 9.17) is 4.42 Å². The summed E-state index contributed by atoms with van der Waals surface area (Å²) in [6, 6.07) is 5.22. The lowest BCUT2D eigenvalue weighted by Gasteiger charge is -2.23. The Hall–Kier alpha value is -1.82. The quantitative estimate of drug-likeness (QED) is 0.847. The standard InChI is InChI=1S/C14H17N3O2S/c1-10(12-6-7-15-9-16-12)17(2)14(18)13-5-4-11(19-13)8-20-3/h4-7,9-10H,8H2,1-3H3/t10-/m0/s1. The predicted octanol–water partition coefficient (Wildman–Crippen LogP) is 2.77. The van der Waals surface area contributed by atoms with Crippen molar-refractivity contribution >= 4 is 17.7 Å². The van der Waals surface area contributed by atoms with Gasteiger partial charge < -0.3 is 9.32 Å². The van der Waals surface area contributed by atoms with Crippen molar-refractivity contribution in [3.8, 4) is 0 Å². The van der Waals surface area contributed by atoms with Crippen LogP contribution in [0, 0.1) is 0 Å². The third-order valence-electron chi connectivity index (χ3n) is 3.09. The Bertz CT molecular complexity index is 571. The fourth-order valence-electron chi connectivity index (χ4n) is 1.81. The van der Waals surface area contributed by atoms with E-state index in [2.05, 4.69) is 9.97 Å². The third-order valence-corrected chi connectivity index (χ3v) is 3.67. The van der Waals surface area contributed by atoms with Crippen molar-refractivity contribution in [1.82, 2.24) is 14.9 Å². The van der Waals surface area contributed by atoms with E-state index in [1.807, 2.05) is 19.2 Å². The summed E-state index contributed by atoms with van der Waals surface area (Å²) in [6.45, 7) is 1.92. The van der Waals surface area contributed by atoms with Crippen molar-refractivity contribution < 1.29 is 9.21 Å². The Morgan fingerprint density at radius 2 is 2.25 bits per heavy atom. The van der Waals surface area contributed by atoms with Gasteiger partial charge in [-0.1, -0.05) is 0 Å². The van der Waals surface area contributed by atoms with Crippen molar-refractivity contribution in [2.75, 3.05) is 13.3 Å². The molecule has 0 spiro atoms. The van der Waals surface area contributed by atoms with Gasteiger partial charge in [-0.05, 0) is 31.4 Å². The van der Waals surface area contributed by atoms with Crippen LogP contribution in [0.15, 0.2) is 35.1 Å². The molecule has 0 saturated carbocycles. The summed E-state index contributed by atoms with van der Waals surface area (Å²) in [7, 11) is 1.74. The first-order valence-corrected chi connectivity index (χ1v) is 7.63. The summed E-state index contributed by atoms with van der Waals surface area (Å²) in [5, 5.41) is 0. The van der Waals surface area contributed by atoms with Gasteiger partial charge in [-0.15, -0.1) is 0 Å². The van der Waals surface area contributed by atoms with E-state index < -0.39 is 0 Å². The highest BCUT2D eigenvalue weighted by atomic mass is 32.2. The highest BCUT2D eigenvalue weighted by molar-refractivity contribution is 7.97. The van der Waals surface area contributed by atoms with E-state index in [1.54, 1.807) is 42.0 Å². The van der Waals surface area contributed by atoms with Crippen LogP contribution in [0.5, 0.6) is 0 Å². The summed E-state index contributed by atoms with van der Waals surface area (Å²) >= 11 is 1.66. The normalized spacial score (nSPS) is 12.2. The molecule has 20 heavy (non-hydrogen) atoms. The van der Waals surface area contributed by atoms with Crippen LogP contribution in [-0.2, 0) is 5.75 Å². The summed E-state index contributed by atoms with van der Waals surface area (Å²) in [5.74, 6) is 1.78. The van der Waals surface area contributed by atoms with Gasteiger partial charge >= 0.3 is 0 Å². The highest BCUT2D eigenvalue weighted by Crippen LogP contribution is 2.20. The lowest BCUT2D eigenvalue weighted by molar-refractivity contribution is 0.0706. The average Bonchev–Trinajstić information content (AvgIpc) is 2.95. The van der Waals surface area contributed by atoms with Crippen LogP contribution in [0.25, 0.3) is 0 Å². The number of hydrogen-bond acceptors (Lipinski definition) is 5. The SMILES string of the molecule is CSCc1ccc(C(=O)N(C)[C@@H](C)c2ccncn2)o1. The zero-order valence-corrected chi connectivity index (χ0v) is 12.6. The van der Waals surface area contributed by atoms with E-state index in [0.717, 1.165) is 17.2 Å². The van der Waals surface area contributed by atoms with Gasteiger partial charge in [-0.25, -0.2) is 9.97 Å². The number of thioether (sulfide) groups is 1. The first-order chi connectivity index (χ1) is 9.63. The van der Waals surface area contributed by atoms with Gasteiger partial charge in [0.05, 0.1) is 17.5 Å². The van der Waals surface area contributed by atoms with Gasteiger partial charge in [-0.3, -0.25) is 4.79 Å². The lowest BCUT2D eigenvalue weighted by atomic mass is 10.2. The topological polar surface area (TPSA) is 59.2 Å². The molecule has 0 bridgehead atoms. The van der Waals surface area contributed by atoms with Crippen LogP contribution >= 0.6 is 11.8 Å². The zero-order valence-electron chi connectivity index (χ0n) is 11.7. The molecule has 0 N–H and O–H groups in total. The van der Waals surface area contributed by atoms with Gasteiger partial charge in [0, 0.05) is 13.2 Å². The van der Waals surface area contributed by atoms with E-state index in [-0.39, 0.29) is 11.9 Å². The largest absolute Gasteiger partial charge is 0.455 e. The van der Waals surface area contributed by atoms with Gasteiger partial charge in [-0.2, -0.15) is 11.8 Å². The van der Waals surface area contributed by atoms with Crippen LogP contribution in [0.1, 0.15) is 35.0 Å². The smallest absolute Gasteiger partial charge is 0.289 e. The predicted molar refractivity (Wildman–Crippen MR) is 78.5 cm³/mol. The van der Waals surface area contributed by atoms with Crippen LogP contribution in [-0.4, -0.2) is 34.1 Å². The van der Waals surface area contributed by atoms with Crippen LogP contribution in [0.3, 0.4) is 0 Å². The minimum atomic E-state index is -0.150. The van der Waals surface area contributed by atoms with Gasteiger partial charge in [0.2, 0.25) is 0 Å². The number of aromatic nitrogens is 2. The molecule has 0 aliphatic rings. The van der Waals surface area contributed by atoms with Crippen LogP contribution in [0.4, 0.5) is 0 Å². The van der Waals surface area contributed by atoms with Crippen molar-refractivity contribution in [3.63, 3.8) is 0 Å². The van der Waals surface area contributed by atoms with E-state index in [0.29, 0.717) is 5.76 Å². The Kier molecular flexibility index (Phi) is 4.79. The molecule has 2 rings (SSSR count). The molecule has 0 radical (unpaired) electrons. The highest BCUT2D eigenvalue weighted by Gasteiger charge is 2.22. The van der Waals surface area contributed by atoms with Crippen LogP contribution in [0.2, 0.25) is 0 Å². The van der Waals surface area contributed by atoms with Crippen molar-refractivity contribution in [3.05, 3.63) is 47.9 Å². The Morgan fingerprint density at radius 1 is 1.45 bits per heavy atom. The van der Waals surface area contributed by atoms with Gasteiger partial charge in [0.25, 0.3) is 5.91 Å². The second-order valence-electron chi connectivity index (χ2n) is 4.43. The molecule has 2 heterocycles. The van der Waals surface area contributed by atoms with Crippen molar-refractivity contribution in [1.29, 1.82) is 0 Å². The minimum Gasteiger partial charge on any atom is -0.455 e. The molecular formula is C14H17N3O2S. The molecule has 2 aromatic rings. The van der Waals surface area contributed by atoms with E-state index in [1.165, 1.54) is 6.33 Å². The Labute approximate surface area is 122 Å². The summed E-state index contributed by atoms with van der Waals surface area (Å²) in [5.41, 5.74) is 0.798. The minimum absolute atomic E-state index is 0.139. The Morgan fingerprint density at radius 3 is 2.90 bits per heavy atom. The Balaban J connectivity index is 2.11. The van der Waals surface area contributed by atoms with E-state index >= 15 is 0 Å². The van der Waals surface area contributed by atoms with Gasteiger partial charge in [0.1, 0.15) is 12.1 Å². The molecule has 6 heteroatoms. The molecule has 0 saturated heterocycles. The fourth-order valence-corrected chi connectivity index (χ4v) is 2.25. The van der Waals surface area contributed by atoms with Crippen molar-refractivity contribution in [2.45, 2.75) is 18.7 Å². The molecule has 1 atom stereocenters. The average molecular weight is 291 g/mol. The van der Waals surface area contributed by atoms with Crippen LogP contribution < -0.4 is 0 Å². The molecular weight excluding hydrogens is 274 g/mol. The lowest BCUT2D eigenvalue weighted by Crippen LogP contribution is -2.29. The zero-order chi connectivity index (χ0) is 14.5. The molecule has 0 fully saturated rings. The molecule has 2 aromatic heterocycles. The molecule has 5 nitrogen and oxygen atoms in total. The molecule has 0 aliphatic carbocycles. The monoisotopic (exact) mass is 291 g/mol. The first kappa shape index (κ1) is 14.6.